The van der Waals surface area contributed by atoms with Gasteiger partial charge in [0.25, 0.3) is 0 Å². The molecule has 0 aromatic carbocycles. The molecule has 28 heavy (non-hydrogen) atoms. The summed E-state index contributed by atoms with van der Waals surface area (Å²) in [6, 6.07) is 2.08. The van der Waals surface area contributed by atoms with Crippen molar-refractivity contribution in [2.45, 2.75) is 13.0 Å². The molecule has 0 amide bonds. The Hall–Kier alpha value is -1.04. The Morgan fingerprint density at radius 3 is 2.68 bits per heavy atom. The van der Waals surface area contributed by atoms with E-state index >= 15 is 0 Å². The first-order chi connectivity index (χ1) is 13.4. The molecule has 2 saturated heterocycles. The van der Waals surface area contributed by atoms with Crippen molar-refractivity contribution in [3.05, 3.63) is 16.2 Å². The molecule has 0 unspecified atom stereocenters. The van der Waals surface area contributed by atoms with Gasteiger partial charge in [0.1, 0.15) is 0 Å². The van der Waals surface area contributed by atoms with Crippen molar-refractivity contribution in [3.63, 3.8) is 0 Å². The van der Waals surface area contributed by atoms with E-state index in [9.17, 15) is 8.42 Å². The van der Waals surface area contributed by atoms with Crippen molar-refractivity contribution in [3.8, 4) is 0 Å². The third-order valence-corrected chi connectivity index (χ3v) is 7.66. The molecule has 2 fully saturated rings. The Labute approximate surface area is 174 Å². The number of nitrogens with zero attached hydrogens (tertiary/aromatic N) is 5. The van der Waals surface area contributed by atoms with Crippen molar-refractivity contribution >= 4 is 49.0 Å². The van der Waals surface area contributed by atoms with E-state index in [2.05, 4.69) is 25.8 Å². The molecule has 4 rings (SSSR count). The van der Waals surface area contributed by atoms with Crippen LogP contribution in [0.2, 0.25) is 5.28 Å². The van der Waals surface area contributed by atoms with Gasteiger partial charge in [-0.1, -0.05) is 0 Å². The van der Waals surface area contributed by atoms with Gasteiger partial charge in [-0.3, -0.25) is 4.90 Å². The summed E-state index contributed by atoms with van der Waals surface area (Å²) in [6.07, 6.45) is 2.12. The molecule has 8 nitrogen and oxygen atoms in total. The largest absolute Gasteiger partial charge is 0.378 e. The summed E-state index contributed by atoms with van der Waals surface area (Å²) in [6.45, 7) is 6.47. The average molecular weight is 446 g/mol. The van der Waals surface area contributed by atoms with Crippen LogP contribution in [0.3, 0.4) is 0 Å². The Morgan fingerprint density at radius 2 is 1.93 bits per heavy atom. The zero-order valence-corrected chi connectivity index (χ0v) is 18.2. The van der Waals surface area contributed by atoms with E-state index in [4.69, 9.17) is 16.3 Å². The predicted molar refractivity (Wildman–Crippen MR) is 112 cm³/mol. The zero-order chi connectivity index (χ0) is 19.7. The number of rotatable bonds is 4. The molecular weight excluding hydrogens is 422 g/mol. The van der Waals surface area contributed by atoms with Crippen molar-refractivity contribution in [1.29, 1.82) is 0 Å². The Morgan fingerprint density at radius 1 is 1.14 bits per heavy atom. The van der Waals surface area contributed by atoms with E-state index in [0.717, 1.165) is 55.2 Å². The highest BCUT2D eigenvalue weighted by Crippen LogP contribution is 2.34. The minimum absolute atomic E-state index is 0.261. The van der Waals surface area contributed by atoms with E-state index in [1.165, 1.54) is 11.1 Å². The predicted octanol–water partition coefficient (Wildman–Crippen LogP) is 1.65. The fourth-order valence-corrected chi connectivity index (χ4v) is 5.86. The van der Waals surface area contributed by atoms with E-state index < -0.39 is 10.0 Å². The van der Waals surface area contributed by atoms with Gasteiger partial charge >= 0.3 is 0 Å². The second-order valence-corrected chi connectivity index (χ2v) is 10.6. The number of fused-ring (bicyclic) bond motifs is 1. The van der Waals surface area contributed by atoms with Crippen LogP contribution in [0.25, 0.3) is 10.2 Å². The standard InChI is InChI=1S/C17H24ClN5O3S2/c1-28(24,25)23-4-2-3-21(5-6-23)12-13-11-14-15(27-13)16(20-17(18)19-14)22-7-9-26-10-8-22/h11H,2-10,12H2,1H3. The summed E-state index contributed by atoms with van der Waals surface area (Å²) in [5.41, 5.74) is 0.870. The lowest BCUT2D eigenvalue weighted by Gasteiger charge is -2.28. The topological polar surface area (TPSA) is 78.9 Å². The number of anilines is 1. The minimum Gasteiger partial charge on any atom is -0.378 e. The van der Waals surface area contributed by atoms with Gasteiger partial charge in [-0.15, -0.1) is 11.3 Å². The molecule has 0 aliphatic carbocycles. The van der Waals surface area contributed by atoms with E-state index in [1.807, 2.05) is 0 Å². The summed E-state index contributed by atoms with van der Waals surface area (Å²) in [7, 11) is -3.13. The van der Waals surface area contributed by atoms with Gasteiger partial charge in [0.2, 0.25) is 15.3 Å². The SMILES string of the molecule is CS(=O)(=O)N1CCCN(Cc2cc3nc(Cl)nc(N4CCOCC4)c3s2)CC1. The van der Waals surface area contributed by atoms with E-state index in [1.54, 1.807) is 15.6 Å². The van der Waals surface area contributed by atoms with Gasteiger partial charge in [0, 0.05) is 44.1 Å². The van der Waals surface area contributed by atoms with Gasteiger partial charge < -0.3 is 9.64 Å². The number of aromatic nitrogens is 2. The van der Waals surface area contributed by atoms with Crippen LogP contribution in [0.15, 0.2) is 6.07 Å². The Kier molecular flexibility index (Phi) is 6.05. The van der Waals surface area contributed by atoms with Crippen molar-refractivity contribution in [2.75, 3.05) is 63.6 Å². The van der Waals surface area contributed by atoms with Crippen LogP contribution in [0.5, 0.6) is 0 Å². The van der Waals surface area contributed by atoms with Gasteiger partial charge in [-0.2, -0.15) is 4.98 Å². The second kappa shape index (κ2) is 8.37. The smallest absolute Gasteiger partial charge is 0.224 e. The van der Waals surface area contributed by atoms with Crippen LogP contribution in [-0.4, -0.2) is 86.3 Å². The van der Waals surface area contributed by atoms with Crippen LogP contribution >= 0.6 is 22.9 Å². The number of ether oxygens (including phenoxy) is 1. The summed E-state index contributed by atoms with van der Waals surface area (Å²) >= 11 is 7.87. The number of hydrogen-bond donors (Lipinski definition) is 0. The number of halogens is 1. The first-order valence-electron chi connectivity index (χ1n) is 9.36. The second-order valence-electron chi connectivity index (χ2n) is 7.13. The molecule has 2 aliphatic rings. The summed E-state index contributed by atoms with van der Waals surface area (Å²) < 4.78 is 31.7. The maximum absolute atomic E-state index is 11.8. The first-order valence-corrected chi connectivity index (χ1v) is 12.4. The Bertz CT molecular complexity index is 946. The number of hydrogen-bond acceptors (Lipinski definition) is 8. The Balaban J connectivity index is 1.53. The normalized spacial score (nSPS) is 20.6. The maximum atomic E-state index is 11.8. The zero-order valence-electron chi connectivity index (χ0n) is 15.8. The molecule has 0 N–H and O–H groups in total. The molecular formula is C17H24ClN5O3S2. The van der Waals surface area contributed by atoms with Crippen LogP contribution in [0.4, 0.5) is 5.82 Å². The molecule has 2 aromatic heterocycles. The molecule has 11 heteroatoms. The minimum atomic E-state index is -3.13. The molecule has 2 aliphatic heterocycles. The molecule has 4 heterocycles. The fourth-order valence-electron chi connectivity index (χ4n) is 3.66. The highest BCUT2D eigenvalue weighted by molar-refractivity contribution is 7.88. The van der Waals surface area contributed by atoms with Gasteiger partial charge in [0.05, 0.1) is 29.7 Å². The van der Waals surface area contributed by atoms with Gasteiger partial charge in [0.15, 0.2) is 5.82 Å². The highest BCUT2D eigenvalue weighted by atomic mass is 35.5. The maximum Gasteiger partial charge on any atom is 0.224 e. The lowest BCUT2D eigenvalue weighted by molar-refractivity contribution is 0.122. The van der Waals surface area contributed by atoms with E-state index in [-0.39, 0.29) is 5.28 Å². The van der Waals surface area contributed by atoms with Crippen LogP contribution < -0.4 is 4.90 Å². The average Bonchev–Trinajstić information content (AvgIpc) is 2.89. The molecule has 154 valence electrons. The molecule has 0 bridgehead atoms. The molecule has 0 radical (unpaired) electrons. The first kappa shape index (κ1) is 20.2. The van der Waals surface area contributed by atoms with Gasteiger partial charge in [-0.25, -0.2) is 17.7 Å². The monoisotopic (exact) mass is 445 g/mol. The van der Waals surface area contributed by atoms with E-state index in [0.29, 0.717) is 26.3 Å². The molecule has 0 spiro atoms. The lowest BCUT2D eigenvalue weighted by atomic mass is 10.3. The lowest BCUT2D eigenvalue weighted by Crippen LogP contribution is -2.36. The number of thiophene rings is 1. The summed E-state index contributed by atoms with van der Waals surface area (Å²) in [5, 5.41) is 0.261. The third-order valence-electron chi connectivity index (χ3n) is 5.08. The van der Waals surface area contributed by atoms with Crippen LogP contribution in [-0.2, 0) is 21.3 Å². The van der Waals surface area contributed by atoms with Crippen molar-refractivity contribution in [1.82, 2.24) is 19.2 Å². The number of morpholine rings is 1. The third kappa shape index (κ3) is 4.58. The molecule has 2 aromatic rings. The quantitative estimate of drug-likeness (QED) is 0.662. The number of sulfonamides is 1. The van der Waals surface area contributed by atoms with Crippen LogP contribution in [0, 0.1) is 0 Å². The van der Waals surface area contributed by atoms with Crippen molar-refractivity contribution in [2.24, 2.45) is 0 Å². The fraction of sp³-hybridized carbons (Fsp3) is 0.647. The van der Waals surface area contributed by atoms with Crippen molar-refractivity contribution < 1.29 is 13.2 Å². The summed E-state index contributed by atoms with van der Waals surface area (Å²) in [5.74, 6) is 0.883. The summed E-state index contributed by atoms with van der Waals surface area (Å²) in [4.78, 5) is 14.6. The van der Waals surface area contributed by atoms with Gasteiger partial charge in [-0.05, 0) is 30.6 Å². The van der Waals surface area contributed by atoms with Crippen LogP contribution in [0.1, 0.15) is 11.3 Å². The highest BCUT2D eigenvalue weighted by Gasteiger charge is 2.23. The molecule has 0 saturated carbocycles. The molecule has 0 atom stereocenters.